The number of piperazine rings is 1. The Hall–Kier alpha value is -1.72. The number of aryl methyl sites for hydroxylation is 1. The van der Waals surface area contributed by atoms with Gasteiger partial charge in [-0.2, -0.15) is 0 Å². The van der Waals surface area contributed by atoms with Crippen molar-refractivity contribution in [2.75, 3.05) is 19.6 Å². The Balaban J connectivity index is 1.92. The maximum Gasteiger partial charge on any atom is 0.258 e. The van der Waals surface area contributed by atoms with Crippen LogP contribution < -0.4 is 10.9 Å². The molecule has 106 valence electrons. The zero-order valence-corrected chi connectivity index (χ0v) is 12.0. The largest absolute Gasteiger partial charge is 0.314 e. The molecule has 20 heavy (non-hydrogen) atoms. The number of nitrogens with one attached hydrogen (secondary N) is 1. The van der Waals surface area contributed by atoms with E-state index in [1.54, 1.807) is 10.5 Å². The molecule has 3 heterocycles. The molecule has 1 saturated heterocycles. The number of hydrogen-bond donors (Lipinski definition) is 1. The molecular formula is C15H20N4O. The summed E-state index contributed by atoms with van der Waals surface area (Å²) in [5.74, 6) is 0. The molecule has 2 aromatic heterocycles. The van der Waals surface area contributed by atoms with E-state index >= 15 is 0 Å². The van der Waals surface area contributed by atoms with Gasteiger partial charge in [0.05, 0.1) is 5.69 Å². The number of pyridine rings is 1. The molecule has 1 atom stereocenters. The van der Waals surface area contributed by atoms with Crippen LogP contribution in [0.15, 0.2) is 29.2 Å². The number of fused-ring (bicyclic) bond motifs is 1. The predicted octanol–water partition coefficient (Wildman–Crippen LogP) is 0.797. The summed E-state index contributed by atoms with van der Waals surface area (Å²) in [6.45, 7) is 7.89. The molecule has 1 N–H and O–H groups in total. The summed E-state index contributed by atoms with van der Waals surface area (Å²) < 4.78 is 1.61. The number of nitrogens with zero attached hydrogens (tertiary/aromatic N) is 3. The molecule has 0 saturated carbocycles. The molecule has 0 spiro atoms. The zero-order chi connectivity index (χ0) is 14.1. The van der Waals surface area contributed by atoms with Crippen molar-refractivity contribution in [2.24, 2.45) is 0 Å². The van der Waals surface area contributed by atoms with Gasteiger partial charge in [-0.05, 0) is 25.5 Å². The molecular weight excluding hydrogens is 252 g/mol. The van der Waals surface area contributed by atoms with Crippen molar-refractivity contribution in [3.63, 3.8) is 0 Å². The van der Waals surface area contributed by atoms with Crippen LogP contribution in [0.2, 0.25) is 0 Å². The van der Waals surface area contributed by atoms with Gasteiger partial charge in [0.15, 0.2) is 0 Å². The Bertz CT molecular complexity index is 679. The van der Waals surface area contributed by atoms with Gasteiger partial charge in [0, 0.05) is 44.5 Å². The van der Waals surface area contributed by atoms with Crippen LogP contribution in [-0.4, -0.2) is 40.0 Å². The highest BCUT2D eigenvalue weighted by molar-refractivity contribution is 5.39. The van der Waals surface area contributed by atoms with Crippen LogP contribution in [0.5, 0.6) is 0 Å². The summed E-state index contributed by atoms with van der Waals surface area (Å²) >= 11 is 0. The van der Waals surface area contributed by atoms with Crippen molar-refractivity contribution < 1.29 is 0 Å². The van der Waals surface area contributed by atoms with Gasteiger partial charge in [-0.1, -0.05) is 6.07 Å². The van der Waals surface area contributed by atoms with E-state index in [2.05, 4.69) is 22.1 Å². The second-order valence-electron chi connectivity index (χ2n) is 5.54. The second-order valence-corrected chi connectivity index (χ2v) is 5.54. The fraction of sp³-hybridized carbons (Fsp3) is 0.467. The van der Waals surface area contributed by atoms with Gasteiger partial charge in [-0.25, -0.2) is 4.98 Å². The molecule has 0 aliphatic carbocycles. The first-order valence-electron chi connectivity index (χ1n) is 7.07. The minimum absolute atomic E-state index is 0.00325. The van der Waals surface area contributed by atoms with Gasteiger partial charge in [0.1, 0.15) is 5.65 Å². The maximum atomic E-state index is 12.2. The highest BCUT2D eigenvalue weighted by atomic mass is 16.1. The normalized spacial score (nSPS) is 20.4. The summed E-state index contributed by atoms with van der Waals surface area (Å²) in [5.41, 5.74) is 2.63. The Morgan fingerprint density at radius 1 is 1.45 bits per heavy atom. The smallest absolute Gasteiger partial charge is 0.258 e. The van der Waals surface area contributed by atoms with Crippen molar-refractivity contribution >= 4 is 5.65 Å². The van der Waals surface area contributed by atoms with E-state index in [-0.39, 0.29) is 5.56 Å². The molecule has 0 radical (unpaired) electrons. The Labute approximate surface area is 118 Å². The minimum atomic E-state index is -0.00325. The highest BCUT2D eigenvalue weighted by Crippen LogP contribution is 2.09. The van der Waals surface area contributed by atoms with Crippen LogP contribution >= 0.6 is 0 Å². The van der Waals surface area contributed by atoms with Gasteiger partial charge in [-0.15, -0.1) is 0 Å². The van der Waals surface area contributed by atoms with Crippen LogP contribution in [-0.2, 0) is 6.54 Å². The van der Waals surface area contributed by atoms with E-state index in [1.165, 1.54) is 0 Å². The molecule has 0 bridgehead atoms. The van der Waals surface area contributed by atoms with Crippen LogP contribution in [0.4, 0.5) is 0 Å². The van der Waals surface area contributed by atoms with Crippen LogP contribution in [0.25, 0.3) is 5.65 Å². The lowest BCUT2D eigenvalue weighted by molar-refractivity contribution is 0.164. The number of aromatic nitrogens is 2. The topological polar surface area (TPSA) is 49.6 Å². The van der Waals surface area contributed by atoms with Crippen molar-refractivity contribution in [1.29, 1.82) is 0 Å². The molecule has 5 nitrogen and oxygen atoms in total. The van der Waals surface area contributed by atoms with Crippen LogP contribution in [0.3, 0.4) is 0 Å². The molecule has 1 aliphatic rings. The lowest BCUT2D eigenvalue weighted by atomic mass is 10.2. The maximum absolute atomic E-state index is 12.2. The van der Waals surface area contributed by atoms with E-state index < -0.39 is 0 Å². The third-order valence-electron chi connectivity index (χ3n) is 3.86. The fourth-order valence-electron chi connectivity index (χ4n) is 2.67. The summed E-state index contributed by atoms with van der Waals surface area (Å²) in [6, 6.07) is 6.02. The molecule has 1 fully saturated rings. The van der Waals surface area contributed by atoms with Crippen molar-refractivity contribution in [3.05, 3.63) is 46.0 Å². The highest BCUT2D eigenvalue weighted by Gasteiger charge is 2.18. The average Bonchev–Trinajstić information content (AvgIpc) is 2.42. The first kappa shape index (κ1) is 13.3. The van der Waals surface area contributed by atoms with Crippen molar-refractivity contribution in [2.45, 2.75) is 26.4 Å². The van der Waals surface area contributed by atoms with Crippen molar-refractivity contribution in [3.8, 4) is 0 Å². The summed E-state index contributed by atoms with van der Waals surface area (Å²) in [5, 5.41) is 3.37. The van der Waals surface area contributed by atoms with E-state index in [0.29, 0.717) is 6.04 Å². The molecule has 0 amide bonds. The Morgan fingerprint density at radius 2 is 2.30 bits per heavy atom. The van der Waals surface area contributed by atoms with E-state index in [9.17, 15) is 4.79 Å². The van der Waals surface area contributed by atoms with Crippen LogP contribution in [0, 0.1) is 6.92 Å². The monoisotopic (exact) mass is 272 g/mol. The van der Waals surface area contributed by atoms with Gasteiger partial charge in [0.25, 0.3) is 5.56 Å². The van der Waals surface area contributed by atoms with Crippen molar-refractivity contribution in [1.82, 2.24) is 19.6 Å². The molecule has 0 unspecified atom stereocenters. The summed E-state index contributed by atoms with van der Waals surface area (Å²) in [7, 11) is 0. The average molecular weight is 272 g/mol. The number of rotatable bonds is 2. The predicted molar refractivity (Wildman–Crippen MR) is 78.9 cm³/mol. The number of hydrogen-bond acceptors (Lipinski definition) is 4. The van der Waals surface area contributed by atoms with Gasteiger partial charge in [-0.3, -0.25) is 14.1 Å². The first-order chi connectivity index (χ1) is 9.63. The van der Waals surface area contributed by atoms with Gasteiger partial charge >= 0.3 is 0 Å². The zero-order valence-electron chi connectivity index (χ0n) is 12.0. The molecule has 5 heteroatoms. The summed E-state index contributed by atoms with van der Waals surface area (Å²) in [4.78, 5) is 19.1. The standard InChI is InChI=1S/C15H20N4O/c1-11-3-4-14-17-13(7-15(20)19(14)9-11)10-18-6-5-16-8-12(18)2/h3-4,7,9,12,16H,5-6,8,10H2,1-2H3/t12-/m1/s1. The van der Waals surface area contributed by atoms with E-state index in [0.717, 1.165) is 43.1 Å². The van der Waals surface area contributed by atoms with E-state index in [4.69, 9.17) is 0 Å². The summed E-state index contributed by atoms with van der Waals surface area (Å²) in [6.07, 6.45) is 1.84. The van der Waals surface area contributed by atoms with Crippen LogP contribution in [0.1, 0.15) is 18.2 Å². The van der Waals surface area contributed by atoms with Gasteiger partial charge < -0.3 is 5.32 Å². The molecule has 3 rings (SSSR count). The van der Waals surface area contributed by atoms with E-state index in [1.807, 2.05) is 25.3 Å². The third kappa shape index (κ3) is 2.59. The first-order valence-corrected chi connectivity index (χ1v) is 7.07. The Kier molecular flexibility index (Phi) is 3.54. The lowest BCUT2D eigenvalue weighted by Crippen LogP contribution is -2.49. The third-order valence-corrected chi connectivity index (χ3v) is 3.86. The lowest BCUT2D eigenvalue weighted by Gasteiger charge is -2.33. The quantitative estimate of drug-likeness (QED) is 0.878. The molecule has 1 aliphatic heterocycles. The van der Waals surface area contributed by atoms with Gasteiger partial charge in [0.2, 0.25) is 0 Å². The molecule has 0 aromatic carbocycles. The second kappa shape index (κ2) is 5.34. The minimum Gasteiger partial charge on any atom is -0.314 e. The molecule has 2 aromatic rings. The fourth-order valence-corrected chi connectivity index (χ4v) is 2.67. The SMILES string of the molecule is Cc1ccc2nc(CN3CCNC[C@H]3C)cc(=O)n2c1. The Morgan fingerprint density at radius 3 is 3.10 bits per heavy atom.